The molecule has 1 aromatic carbocycles. The minimum Gasteiger partial charge on any atom is -0.478 e. The van der Waals surface area contributed by atoms with Gasteiger partial charge < -0.3 is 10.4 Å². The molecule has 0 radical (unpaired) electrons. The van der Waals surface area contributed by atoms with E-state index in [1.54, 1.807) is 24.3 Å². The van der Waals surface area contributed by atoms with Crippen molar-refractivity contribution in [2.24, 2.45) is 0 Å². The maximum atomic E-state index is 12.0. The molecule has 3 N–H and O–H groups in total. The van der Waals surface area contributed by atoms with Crippen molar-refractivity contribution in [3.63, 3.8) is 0 Å². The quantitative estimate of drug-likeness (QED) is 0.791. The van der Waals surface area contributed by atoms with Crippen LogP contribution in [0.4, 0.5) is 5.82 Å². The smallest absolute Gasteiger partial charge is 0.335 e. The van der Waals surface area contributed by atoms with Crippen molar-refractivity contribution < 1.29 is 14.7 Å². The average molecular weight is 317 g/mol. The number of aromatic nitrogens is 2. The van der Waals surface area contributed by atoms with Gasteiger partial charge in [-0.05, 0) is 31.5 Å². The van der Waals surface area contributed by atoms with Gasteiger partial charge in [0.2, 0.25) is 5.91 Å². The summed E-state index contributed by atoms with van der Waals surface area (Å²) in [5.74, 6) is -0.487. The maximum absolute atomic E-state index is 12.0. The number of amides is 1. The number of H-pyrrole nitrogens is 1. The highest BCUT2D eigenvalue weighted by molar-refractivity contribution is 8.01. The number of aromatic carboxylic acids is 1. The van der Waals surface area contributed by atoms with Gasteiger partial charge in [-0.3, -0.25) is 9.89 Å². The summed E-state index contributed by atoms with van der Waals surface area (Å²) in [4.78, 5) is 23.0. The first kappa shape index (κ1) is 14.6. The second-order valence-electron chi connectivity index (χ2n) is 5.19. The molecule has 22 heavy (non-hydrogen) atoms. The largest absolute Gasteiger partial charge is 0.478 e. The second kappa shape index (κ2) is 5.49. The van der Waals surface area contributed by atoms with E-state index in [4.69, 9.17) is 5.11 Å². The Balaban J connectivity index is 2.06. The summed E-state index contributed by atoms with van der Waals surface area (Å²) >= 11 is 1.52. The van der Waals surface area contributed by atoms with Crippen LogP contribution < -0.4 is 5.32 Å². The number of nitrogens with zero attached hydrogens (tertiary/aromatic N) is 1. The first-order valence-corrected chi connectivity index (χ1v) is 7.76. The molecule has 0 fully saturated rings. The molecule has 0 saturated heterocycles. The highest BCUT2D eigenvalue weighted by atomic mass is 32.2. The Morgan fingerprint density at radius 2 is 2.00 bits per heavy atom. The van der Waals surface area contributed by atoms with E-state index in [0.717, 1.165) is 16.8 Å². The number of aromatic amines is 1. The molecule has 3 rings (SSSR count). The van der Waals surface area contributed by atoms with Gasteiger partial charge in [-0.1, -0.05) is 12.1 Å². The standard InChI is InChI=1S/C15H15N3O3S/c1-7-11-12(9-3-5-10(6-4-9)15(20)21)22-8(2)14(19)16-13(11)18-17-7/h3-6,8,12H,1-2H3,(H,20,21)(H2,16,17,18,19)/t8-,12+/m0/s1. The van der Waals surface area contributed by atoms with Crippen molar-refractivity contribution in [2.45, 2.75) is 24.3 Å². The Bertz CT molecular complexity index is 739. The topological polar surface area (TPSA) is 95.1 Å². The summed E-state index contributed by atoms with van der Waals surface area (Å²) in [6.07, 6.45) is 0. The fourth-order valence-electron chi connectivity index (χ4n) is 2.45. The molecule has 0 unspecified atom stereocenters. The van der Waals surface area contributed by atoms with Gasteiger partial charge in [0.25, 0.3) is 0 Å². The van der Waals surface area contributed by atoms with E-state index < -0.39 is 5.97 Å². The van der Waals surface area contributed by atoms with Crippen molar-refractivity contribution in [3.8, 4) is 0 Å². The number of nitrogens with one attached hydrogen (secondary N) is 2. The van der Waals surface area contributed by atoms with Crippen LogP contribution in [0.1, 0.15) is 39.4 Å². The van der Waals surface area contributed by atoms with Crippen LogP contribution in [0.15, 0.2) is 24.3 Å². The lowest BCUT2D eigenvalue weighted by atomic mass is 10.0. The van der Waals surface area contributed by atoms with Crippen LogP contribution in [0.3, 0.4) is 0 Å². The van der Waals surface area contributed by atoms with Crippen molar-refractivity contribution in [1.29, 1.82) is 0 Å². The molecule has 0 aliphatic carbocycles. The highest BCUT2D eigenvalue weighted by Gasteiger charge is 2.32. The summed E-state index contributed by atoms with van der Waals surface area (Å²) in [6, 6.07) is 6.75. The number of rotatable bonds is 2. The third kappa shape index (κ3) is 2.48. The number of aryl methyl sites for hydroxylation is 1. The lowest BCUT2D eigenvalue weighted by Gasteiger charge is -2.17. The molecule has 6 nitrogen and oxygen atoms in total. The third-order valence-corrected chi connectivity index (χ3v) is 5.07. The van der Waals surface area contributed by atoms with E-state index in [-0.39, 0.29) is 22.0 Å². The van der Waals surface area contributed by atoms with Crippen molar-refractivity contribution >= 4 is 29.5 Å². The average Bonchev–Trinajstić information content (AvgIpc) is 2.79. The summed E-state index contributed by atoms with van der Waals surface area (Å²) in [5.41, 5.74) is 3.02. The van der Waals surface area contributed by atoms with Gasteiger partial charge >= 0.3 is 5.97 Å². The van der Waals surface area contributed by atoms with Gasteiger partial charge in [-0.2, -0.15) is 5.10 Å². The van der Waals surface area contributed by atoms with Gasteiger partial charge in [-0.15, -0.1) is 11.8 Å². The van der Waals surface area contributed by atoms with Crippen LogP contribution in [0.25, 0.3) is 0 Å². The van der Waals surface area contributed by atoms with Gasteiger partial charge in [0.15, 0.2) is 5.82 Å². The van der Waals surface area contributed by atoms with E-state index in [0.29, 0.717) is 5.82 Å². The SMILES string of the molecule is Cc1[nH]nc2c1[C@@H](c1ccc(C(=O)O)cc1)S[C@@H](C)C(=O)N2. The Labute approximate surface area is 131 Å². The van der Waals surface area contributed by atoms with E-state index in [9.17, 15) is 9.59 Å². The molecule has 0 bridgehead atoms. The molecule has 114 valence electrons. The Morgan fingerprint density at radius 3 is 2.64 bits per heavy atom. The fourth-order valence-corrected chi connectivity index (χ4v) is 3.78. The molecule has 2 atom stereocenters. The zero-order valence-corrected chi connectivity index (χ0v) is 12.9. The molecule has 1 aromatic heterocycles. The number of carbonyl (C=O) groups is 2. The van der Waals surface area contributed by atoms with Crippen molar-refractivity contribution in [1.82, 2.24) is 10.2 Å². The van der Waals surface area contributed by atoms with Crippen LogP contribution in [-0.2, 0) is 4.79 Å². The number of thioether (sulfide) groups is 1. The minimum absolute atomic E-state index is 0.0782. The van der Waals surface area contributed by atoms with Crippen LogP contribution >= 0.6 is 11.8 Å². The van der Waals surface area contributed by atoms with Crippen molar-refractivity contribution in [2.75, 3.05) is 5.32 Å². The fraction of sp³-hybridized carbons (Fsp3) is 0.267. The summed E-state index contributed by atoms with van der Waals surface area (Å²) < 4.78 is 0. The molecule has 2 aromatic rings. The number of fused-ring (bicyclic) bond motifs is 1. The Hall–Kier alpha value is -2.28. The molecule has 1 aliphatic rings. The molecule has 1 amide bonds. The maximum Gasteiger partial charge on any atom is 0.335 e. The molecule has 0 spiro atoms. The van der Waals surface area contributed by atoms with Gasteiger partial charge in [-0.25, -0.2) is 4.79 Å². The lowest BCUT2D eigenvalue weighted by molar-refractivity contribution is -0.115. The zero-order chi connectivity index (χ0) is 15.9. The molecular formula is C15H15N3O3S. The second-order valence-corrected chi connectivity index (χ2v) is 6.64. The normalized spacial score (nSPS) is 20.9. The third-order valence-electron chi connectivity index (χ3n) is 3.67. The van der Waals surface area contributed by atoms with E-state index in [1.165, 1.54) is 11.8 Å². The van der Waals surface area contributed by atoms with E-state index in [1.807, 2.05) is 13.8 Å². The minimum atomic E-state index is -0.953. The highest BCUT2D eigenvalue weighted by Crippen LogP contribution is 2.44. The molecule has 0 saturated carbocycles. The first-order valence-electron chi connectivity index (χ1n) is 6.82. The zero-order valence-electron chi connectivity index (χ0n) is 12.1. The number of hydrogen-bond donors (Lipinski definition) is 3. The van der Waals surface area contributed by atoms with Crippen LogP contribution in [0, 0.1) is 6.92 Å². The first-order chi connectivity index (χ1) is 10.5. The van der Waals surface area contributed by atoms with Crippen LogP contribution in [-0.4, -0.2) is 32.4 Å². The molecule has 1 aliphatic heterocycles. The van der Waals surface area contributed by atoms with Crippen LogP contribution in [0.2, 0.25) is 0 Å². The number of carboxylic acids is 1. The van der Waals surface area contributed by atoms with Gasteiger partial charge in [0.1, 0.15) is 0 Å². The van der Waals surface area contributed by atoms with Crippen LogP contribution in [0.5, 0.6) is 0 Å². The summed E-state index contributed by atoms with van der Waals surface area (Å²) in [7, 11) is 0. The van der Waals surface area contributed by atoms with E-state index in [2.05, 4.69) is 15.5 Å². The monoisotopic (exact) mass is 317 g/mol. The molecule has 2 heterocycles. The van der Waals surface area contributed by atoms with Crippen molar-refractivity contribution in [3.05, 3.63) is 46.6 Å². The summed E-state index contributed by atoms with van der Waals surface area (Å²) in [5, 5.41) is 18.6. The van der Waals surface area contributed by atoms with Gasteiger partial charge in [0, 0.05) is 11.3 Å². The predicted octanol–water partition coefficient (Wildman–Crippen LogP) is 2.58. The number of anilines is 1. The Morgan fingerprint density at radius 1 is 1.32 bits per heavy atom. The number of carbonyl (C=O) groups excluding carboxylic acids is 1. The lowest BCUT2D eigenvalue weighted by Crippen LogP contribution is -2.21. The summed E-state index contributed by atoms with van der Waals surface area (Å²) in [6.45, 7) is 3.76. The number of benzene rings is 1. The number of carboxylic acid groups (broad SMARTS) is 1. The predicted molar refractivity (Wildman–Crippen MR) is 84.3 cm³/mol. The van der Waals surface area contributed by atoms with E-state index >= 15 is 0 Å². The molecule has 7 heteroatoms. The molecular weight excluding hydrogens is 302 g/mol. The number of hydrogen-bond acceptors (Lipinski definition) is 4. The Kier molecular flexibility index (Phi) is 3.66. The van der Waals surface area contributed by atoms with Gasteiger partial charge in [0.05, 0.1) is 16.1 Å².